The lowest BCUT2D eigenvalue weighted by atomic mass is 10.3. The molecule has 1 aromatic heterocycles. The highest BCUT2D eigenvalue weighted by Crippen LogP contribution is 2.09. The maximum Gasteiger partial charge on any atom is 0.273 e. The van der Waals surface area contributed by atoms with E-state index in [0.29, 0.717) is 38.6 Å². The molecule has 0 aliphatic rings. The molecule has 110 valence electrons. The zero-order chi connectivity index (χ0) is 14.3. The summed E-state index contributed by atoms with van der Waals surface area (Å²) in [6.07, 6.45) is 1.32. The van der Waals surface area contributed by atoms with E-state index >= 15 is 0 Å². The van der Waals surface area contributed by atoms with Crippen molar-refractivity contribution < 1.29 is 17.9 Å². The van der Waals surface area contributed by atoms with Crippen LogP contribution in [0, 0.1) is 0 Å². The van der Waals surface area contributed by atoms with Gasteiger partial charge >= 0.3 is 0 Å². The molecule has 1 heterocycles. The van der Waals surface area contributed by atoms with Crippen LogP contribution in [0.15, 0.2) is 5.16 Å². The second-order valence-corrected chi connectivity index (χ2v) is 5.34. The van der Waals surface area contributed by atoms with Crippen molar-refractivity contribution in [2.24, 2.45) is 5.14 Å². The van der Waals surface area contributed by atoms with Crippen molar-refractivity contribution in [3.05, 3.63) is 5.82 Å². The van der Waals surface area contributed by atoms with Gasteiger partial charge in [0.2, 0.25) is 0 Å². The average molecular weight is 292 g/mol. The number of nitrogens with two attached hydrogens (primary N) is 1. The lowest BCUT2D eigenvalue weighted by Gasteiger charge is -2.08. The van der Waals surface area contributed by atoms with Crippen molar-refractivity contribution in [1.82, 2.24) is 14.8 Å². The molecule has 0 spiro atoms. The summed E-state index contributed by atoms with van der Waals surface area (Å²) >= 11 is 0. The second-order valence-electron chi connectivity index (χ2n) is 3.89. The number of hydrogen-bond acceptors (Lipinski definition) is 6. The number of nitrogens with zero attached hydrogens (tertiary/aromatic N) is 3. The Morgan fingerprint density at radius 3 is 2.63 bits per heavy atom. The number of sulfonamides is 1. The molecular formula is C10H20N4O4S. The van der Waals surface area contributed by atoms with Gasteiger partial charge in [0.15, 0.2) is 0 Å². The monoisotopic (exact) mass is 292 g/mol. The van der Waals surface area contributed by atoms with Crippen LogP contribution in [0.4, 0.5) is 0 Å². The first-order valence-electron chi connectivity index (χ1n) is 6.02. The van der Waals surface area contributed by atoms with Crippen LogP contribution in [-0.4, -0.2) is 50.1 Å². The van der Waals surface area contributed by atoms with Crippen LogP contribution in [0.5, 0.6) is 0 Å². The zero-order valence-corrected chi connectivity index (χ0v) is 12.0. The van der Waals surface area contributed by atoms with Crippen LogP contribution in [0.1, 0.15) is 19.2 Å². The minimum absolute atomic E-state index is 0.226. The minimum Gasteiger partial charge on any atom is -0.383 e. The standard InChI is InChI=1S/C10H20N4O4S/c1-3-18-7-4-5-9-12-13-10(19(11,15)16)14(9)6-8-17-2/h3-8H2,1-2H3,(H2,11,15,16). The van der Waals surface area contributed by atoms with Crippen molar-refractivity contribution in [3.63, 3.8) is 0 Å². The number of rotatable bonds is 9. The van der Waals surface area contributed by atoms with Gasteiger partial charge in [-0.05, 0) is 13.3 Å². The average Bonchev–Trinajstić information content (AvgIpc) is 2.75. The molecule has 0 aliphatic carbocycles. The van der Waals surface area contributed by atoms with Crippen LogP contribution in [-0.2, 0) is 32.5 Å². The lowest BCUT2D eigenvalue weighted by molar-refractivity contribution is 0.144. The molecule has 0 amide bonds. The Kier molecular flexibility index (Phi) is 6.35. The number of hydrogen-bond donors (Lipinski definition) is 1. The van der Waals surface area contributed by atoms with E-state index < -0.39 is 10.0 Å². The van der Waals surface area contributed by atoms with Crippen molar-refractivity contribution in [3.8, 4) is 0 Å². The molecule has 8 nitrogen and oxygen atoms in total. The van der Waals surface area contributed by atoms with E-state index in [2.05, 4.69) is 10.2 Å². The summed E-state index contributed by atoms with van der Waals surface area (Å²) in [6, 6.07) is 0. The Bertz CT molecular complexity index is 486. The largest absolute Gasteiger partial charge is 0.383 e. The summed E-state index contributed by atoms with van der Waals surface area (Å²) in [5, 5.41) is 12.4. The molecule has 0 aromatic carbocycles. The van der Waals surface area contributed by atoms with E-state index in [1.165, 1.54) is 11.7 Å². The molecule has 0 aliphatic heterocycles. The first kappa shape index (κ1) is 16.0. The molecule has 1 rings (SSSR count). The third-order valence-electron chi connectivity index (χ3n) is 2.46. The van der Waals surface area contributed by atoms with Gasteiger partial charge in [0.25, 0.3) is 15.2 Å². The predicted octanol–water partition coefficient (Wildman–Crippen LogP) is -0.459. The van der Waals surface area contributed by atoms with Gasteiger partial charge in [0, 0.05) is 33.3 Å². The first-order chi connectivity index (χ1) is 9.00. The fourth-order valence-corrected chi connectivity index (χ4v) is 2.26. The molecule has 1 aromatic rings. The summed E-state index contributed by atoms with van der Waals surface area (Å²) < 4.78 is 34.4. The smallest absolute Gasteiger partial charge is 0.273 e. The van der Waals surface area contributed by atoms with Crippen LogP contribution in [0.2, 0.25) is 0 Å². The molecule has 0 saturated heterocycles. The zero-order valence-electron chi connectivity index (χ0n) is 11.2. The Hall–Kier alpha value is -1.03. The van der Waals surface area contributed by atoms with E-state index in [0.717, 1.165) is 6.42 Å². The first-order valence-corrected chi connectivity index (χ1v) is 7.57. The molecule has 19 heavy (non-hydrogen) atoms. The summed E-state index contributed by atoms with van der Waals surface area (Å²) in [5.74, 6) is 0.570. The molecule has 0 unspecified atom stereocenters. The van der Waals surface area contributed by atoms with Crippen molar-refractivity contribution >= 4 is 10.0 Å². The molecule has 0 saturated carbocycles. The third-order valence-corrected chi connectivity index (χ3v) is 3.27. The van der Waals surface area contributed by atoms with E-state index in [4.69, 9.17) is 14.6 Å². The van der Waals surface area contributed by atoms with Gasteiger partial charge in [0.05, 0.1) is 6.61 Å². The topological polar surface area (TPSA) is 109 Å². The van der Waals surface area contributed by atoms with Gasteiger partial charge in [-0.15, -0.1) is 10.2 Å². The molecule has 0 bridgehead atoms. The maximum absolute atomic E-state index is 11.4. The predicted molar refractivity (Wildman–Crippen MR) is 68.1 cm³/mol. The van der Waals surface area contributed by atoms with Gasteiger partial charge < -0.3 is 9.47 Å². The van der Waals surface area contributed by atoms with E-state index in [-0.39, 0.29) is 5.16 Å². The van der Waals surface area contributed by atoms with Crippen LogP contribution < -0.4 is 5.14 Å². The Morgan fingerprint density at radius 1 is 1.32 bits per heavy atom. The Morgan fingerprint density at radius 2 is 2.05 bits per heavy atom. The van der Waals surface area contributed by atoms with Gasteiger partial charge in [-0.3, -0.25) is 4.57 Å². The number of aromatic nitrogens is 3. The van der Waals surface area contributed by atoms with Crippen LogP contribution >= 0.6 is 0 Å². The number of ether oxygens (including phenoxy) is 2. The Balaban J connectivity index is 2.82. The molecule has 9 heteroatoms. The highest BCUT2D eigenvalue weighted by atomic mass is 32.2. The van der Waals surface area contributed by atoms with Crippen LogP contribution in [0.25, 0.3) is 0 Å². The van der Waals surface area contributed by atoms with Crippen LogP contribution in [0.3, 0.4) is 0 Å². The summed E-state index contributed by atoms with van der Waals surface area (Å²) in [4.78, 5) is 0. The van der Waals surface area contributed by atoms with Gasteiger partial charge in [-0.2, -0.15) is 0 Å². The van der Waals surface area contributed by atoms with Gasteiger partial charge in [0.1, 0.15) is 5.82 Å². The quantitative estimate of drug-likeness (QED) is 0.617. The molecule has 2 N–H and O–H groups in total. The lowest BCUT2D eigenvalue weighted by Crippen LogP contribution is -2.21. The van der Waals surface area contributed by atoms with Crippen molar-refractivity contribution in [2.45, 2.75) is 31.5 Å². The SMILES string of the molecule is CCOCCCc1nnc(S(N)(=O)=O)n1CCOC. The fourth-order valence-electron chi connectivity index (χ4n) is 1.60. The Labute approximate surface area is 113 Å². The third kappa shape index (κ3) is 4.86. The highest BCUT2D eigenvalue weighted by Gasteiger charge is 2.20. The minimum atomic E-state index is -3.88. The summed E-state index contributed by atoms with van der Waals surface area (Å²) in [6.45, 7) is 3.87. The van der Waals surface area contributed by atoms with E-state index in [9.17, 15) is 8.42 Å². The number of methoxy groups -OCH3 is 1. The summed E-state index contributed by atoms with van der Waals surface area (Å²) in [7, 11) is -2.34. The molecule has 0 atom stereocenters. The maximum atomic E-state index is 11.4. The van der Waals surface area contributed by atoms with Gasteiger partial charge in [-0.1, -0.05) is 0 Å². The van der Waals surface area contributed by atoms with Crippen molar-refractivity contribution in [2.75, 3.05) is 26.9 Å². The number of primary sulfonamides is 1. The van der Waals surface area contributed by atoms with E-state index in [1.54, 1.807) is 0 Å². The van der Waals surface area contributed by atoms with Crippen molar-refractivity contribution in [1.29, 1.82) is 0 Å². The molecular weight excluding hydrogens is 272 g/mol. The fraction of sp³-hybridized carbons (Fsp3) is 0.800. The second kappa shape index (κ2) is 7.53. The molecule has 0 fully saturated rings. The van der Waals surface area contributed by atoms with Gasteiger partial charge in [-0.25, -0.2) is 13.6 Å². The summed E-state index contributed by atoms with van der Waals surface area (Å²) in [5.41, 5.74) is 0. The normalized spacial score (nSPS) is 11.9. The number of aryl methyl sites for hydroxylation is 1. The van der Waals surface area contributed by atoms with E-state index in [1.807, 2.05) is 6.92 Å². The highest BCUT2D eigenvalue weighted by molar-refractivity contribution is 7.89. The molecule has 0 radical (unpaired) electrons.